The van der Waals surface area contributed by atoms with Crippen LogP contribution in [0.4, 0.5) is 0 Å². The van der Waals surface area contributed by atoms with Crippen LogP contribution in [-0.2, 0) is 6.54 Å². The fourth-order valence-corrected chi connectivity index (χ4v) is 2.81. The fraction of sp³-hybridized carbons (Fsp3) is 0.250. The molecule has 0 saturated heterocycles. The highest BCUT2D eigenvalue weighted by Gasteiger charge is 2.10. The Morgan fingerprint density at radius 2 is 1.77 bits per heavy atom. The quantitative estimate of drug-likeness (QED) is 0.459. The normalized spacial score (nSPS) is 11.0. The van der Waals surface area contributed by atoms with E-state index in [0.717, 1.165) is 23.2 Å². The predicted molar refractivity (Wildman–Crippen MR) is 91.3 cm³/mol. The van der Waals surface area contributed by atoms with E-state index < -0.39 is 0 Å². The van der Waals surface area contributed by atoms with Crippen molar-refractivity contribution in [3.05, 3.63) is 71.9 Å². The molecule has 0 atom stereocenters. The number of hydrogen-bond donors (Lipinski definition) is 0. The first-order chi connectivity index (χ1) is 10.8. The van der Waals surface area contributed by atoms with Crippen LogP contribution in [0.25, 0.3) is 10.9 Å². The molecule has 2 aromatic carbocycles. The van der Waals surface area contributed by atoms with Gasteiger partial charge in [0.15, 0.2) is 5.78 Å². The van der Waals surface area contributed by atoms with Crippen LogP contribution in [0, 0.1) is 0 Å². The lowest BCUT2D eigenvalue weighted by atomic mass is 10.0. The molecule has 112 valence electrons. The summed E-state index contributed by atoms with van der Waals surface area (Å²) in [6, 6.07) is 17.6. The Morgan fingerprint density at radius 3 is 2.55 bits per heavy atom. The number of carbonyl (C=O) groups excluding carboxylic acids is 1. The number of benzene rings is 2. The van der Waals surface area contributed by atoms with Crippen molar-refractivity contribution in [1.82, 2.24) is 4.57 Å². The summed E-state index contributed by atoms with van der Waals surface area (Å²) in [5.41, 5.74) is 2.65. The highest BCUT2D eigenvalue weighted by atomic mass is 16.1. The molecule has 0 N–H and O–H groups in total. The number of fused-ring (bicyclic) bond motifs is 1. The largest absolute Gasteiger partial charge is 0.347 e. The van der Waals surface area contributed by atoms with Crippen LogP contribution in [0.2, 0.25) is 0 Å². The van der Waals surface area contributed by atoms with E-state index >= 15 is 0 Å². The molecule has 3 rings (SSSR count). The molecule has 0 spiro atoms. The van der Waals surface area contributed by atoms with Gasteiger partial charge < -0.3 is 4.57 Å². The molecule has 3 aromatic rings. The van der Waals surface area contributed by atoms with Gasteiger partial charge >= 0.3 is 0 Å². The van der Waals surface area contributed by atoms with E-state index in [1.165, 1.54) is 24.6 Å². The van der Waals surface area contributed by atoms with Crippen molar-refractivity contribution >= 4 is 16.7 Å². The molecule has 0 fully saturated rings. The average Bonchev–Trinajstić information content (AvgIpc) is 2.98. The Hall–Kier alpha value is -2.35. The second kappa shape index (κ2) is 6.61. The Balaban J connectivity index is 1.91. The molecule has 0 radical (unpaired) electrons. The average molecular weight is 291 g/mol. The summed E-state index contributed by atoms with van der Waals surface area (Å²) >= 11 is 0. The minimum Gasteiger partial charge on any atom is -0.347 e. The van der Waals surface area contributed by atoms with E-state index in [9.17, 15) is 4.79 Å². The molecule has 2 heteroatoms. The molecule has 1 heterocycles. The molecule has 1 aromatic heterocycles. The van der Waals surface area contributed by atoms with Crippen molar-refractivity contribution in [1.29, 1.82) is 0 Å². The maximum Gasteiger partial charge on any atom is 0.193 e. The zero-order chi connectivity index (χ0) is 15.4. The van der Waals surface area contributed by atoms with Crippen molar-refractivity contribution in [3.63, 3.8) is 0 Å². The monoisotopic (exact) mass is 291 g/mol. The van der Waals surface area contributed by atoms with E-state index in [2.05, 4.69) is 23.8 Å². The lowest BCUT2D eigenvalue weighted by Gasteiger charge is -2.07. The highest BCUT2D eigenvalue weighted by Crippen LogP contribution is 2.20. The van der Waals surface area contributed by atoms with Gasteiger partial charge in [0.25, 0.3) is 0 Å². The van der Waals surface area contributed by atoms with Gasteiger partial charge in [0, 0.05) is 29.4 Å². The molecule has 0 aliphatic heterocycles. The first-order valence-electron chi connectivity index (χ1n) is 7.98. The van der Waals surface area contributed by atoms with Gasteiger partial charge in [0.05, 0.1) is 0 Å². The molecule has 0 amide bonds. The summed E-state index contributed by atoms with van der Waals surface area (Å²) in [5, 5.41) is 1.20. The van der Waals surface area contributed by atoms with Crippen molar-refractivity contribution in [3.8, 4) is 0 Å². The van der Waals surface area contributed by atoms with Crippen LogP contribution in [0.15, 0.2) is 60.8 Å². The third kappa shape index (κ3) is 2.96. The standard InChI is InChI=1S/C20H21NO/c1-2-3-7-13-21-14-12-16-10-11-18(15-19(16)21)20(22)17-8-5-4-6-9-17/h4-6,8-12,14-15H,2-3,7,13H2,1H3. The summed E-state index contributed by atoms with van der Waals surface area (Å²) in [7, 11) is 0. The minimum absolute atomic E-state index is 0.0869. The van der Waals surface area contributed by atoms with Crippen molar-refractivity contribution in [2.24, 2.45) is 0 Å². The van der Waals surface area contributed by atoms with Crippen LogP contribution in [-0.4, -0.2) is 10.4 Å². The molecule has 2 nitrogen and oxygen atoms in total. The van der Waals surface area contributed by atoms with Gasteiger partial charge in [-0.1, -0.05) is 62.2 Å². The molecular weight excluding hydrogens is 270 g/mol. The van der Waals surface area contributed by atoms with E-state index in [1.807, 2.05) is 48.5 Å². The molecule has 0 aliphatic carbocycles. The molecule has 0 bridgehead atoms. The number of unbranched alkanes of at least 4 members (excludes halogenated alkanes) is 2. The molecular formula is C20H21NO. The van der Waals surface area contributed by atoms with E-state index in [0.29, 0.717) is 0 Å². The number of aromatic nitrogens is 1. The predicted octanol–water partition coefficient (Wildman–Crippen LogP) is 5.06. The highest BCUT2D eigenvalue weighted by molar-refractivity contribution is 6.10. The maximum atomic E-state index is 12.6. The fourth-order valence-electron chi connectivity index (χ4n) is 2.81. The maximum absolute atomic E-state index is 12.6. The van der Waals surface area contributed by atoms with Crippen LogP contribution in [0.3, 0.4) is 0 Å². The van der Waals surface area contributed by atoms with Gasteiger partial charge in [0.1, 0.15) is 0 Å². The SMILES string of the molecule is CCCCCn1ccc2ccc(C(=O)c3ccccc3)cc21. The summed E-state index contributed by atoms with van der Waals surface area (Å²) < 4.78 is 2.26. The Morgan fingerprint density at radius 1 is 0.955 bits per heavy atom. The first kappa shape index (κ1) is 14.6. The van der Waals surface area contributed by atoms with Crippen LogP contribution in [0.1, 0.15) is 42.1 Å². The van der Waals surface area contributed by atoms with Gasteiger partial charge in [-0.2, -0.15) is 0 Å². The number of aryl methyl sites for hydroxylation is 1. The number of hydrogen-bond acceptors (Lipinski definition) is 1. The van der Waals surface area contributed by atoms with Crippen LogP contribution >= 0.6 is 0 Å². The Kier molecular flexibility index (Phi) is 4.38. The van der Waals surface area contributed by atoms with Crippen molar-refractivity contribution in [2.45, 2.75) is 32.7 Å². The number of nitrogens with zero attached hydrogens (tertiary/aromatic N) is 1. The van der Waals surface area contributed by atoms with E-state index in [-0.39, 0.29) is 5.78 Å². The number of rotatable bonds is 6. The molecule has 0 unspecified atom stereocenters. The summed E-state index contributed by atoms with van der Waals surface area (Å²) in [4.78, 5) is 12.6. The van der Waals surface area contributed by atoms with Crippen LogP contribution in [0.5, 0.6) is 0 Å². The molecule has 0 saturated carbocycles. The number of ketones is 1. The Bertz CT molecular complexity index is 771. The third-order valence-corrected chi connectivity index (χ3v) is 4.07. The number of carbonyl (C=O) groups is 1. The topological polar surface area (TPSA) is 22.0 Å². The summed E-state index contributed by atoms with van der Waals surface area (Å²) in [5.74, 6) is 0.0869. The van der Waals surface area contributed by atoms with E-state index in [1.54, 1.807) is 0 Å². The lowest BCUT2D eigenvalue weighted by Crippen LogP contribution is -2.02. The smallest absolute Gasteiger partial charge is 0.193 e. The zero-order valence-electron chi connectivity index (χ0n) is 13.0. The Labute approximate surface area is 131 Å². The first-order valence-corrected chi connectivity index (χ1v) is 7.98. The zero-order valence-corrected chi connectivity index (χ0v) is 13.0. The summed E-state index contributed by atoms with van der Waals surface area (Å²) in [6.45, 7) is 3.23. The molecule has 0 aliphatic rings. The lowest BCUT2D eigenvalue weighted by molar-refractivity contribution is 0.103. The minimum atomic E-state index is 0.0869. The van der Waals surface area contributed by atoms with Gasteiger partial charge in [-0.15, -0.1) is 0 Å². The van der Waals surface area contributed by atoms with Crippen molar-refractivity contribution < 1.29 is 4.79 Å². The van der Waals surface area contributed by atoms with Gasteiger partial charge in [-0.3, -0.25) is 4.79 Å². The summed E-state index contributed by atoms with van der Waals surface area (Å²) in [6.07, 6.45) is 5.76. The second-order valence-corrected chi connectivity index (χ2v) is 5.68. The molecule has 22 heavy (non-hydrogen) atoms. The van der Waals surface area contributed by atoms with Gasteiger partial charge in [-0.25, -0.2) is 0 Å². The van der Waals surface area contributed by atoms with E-state index in [4.69, 9.17) is 0 Å². The second-order valence-electron chi connectivity index (χ2n) is 5.68. The van der Waals surface area contributed by atoms with Crippen molar-refractivity contribution in [2.75, 3.05) is 0 Å². The third-order valence-electron chi connectivity index (χ3n) is 4.07. The van der Waals surface area contributed by atoms with Crippen LogP contribution < -0.4 is 0 Å². The van der Waals surface area contributed by atoms with Gasteiger partial charge in [-0.05, 0) is 23.9 Å². The van der Waals surface area contributed by atoms with Gasteiger partial charge in [0.2, 0.25) is 0 Å².